The lowest BCUT2D eigenvalue weighted by Crippen LogP contribution is -2.25. The standard InChI is InChI=1S/C8H8BrClN2O3S/c1-5(9)3-12-16(14,15)6-2-7(10)8(13)11-4-6/h2,4,12H,1,3H2,(H,11,13). The van der Waals surface area contributed by atoms with Crippen molar-refractivity contribution >= 4 is 37.6 Å². The first-order valence-corrected chi connectivity index (χ1v) is 6.69. The Kier molecular flexibility index (Phi) is 4.31. The molecule has 0 aliphatic rings. The van der Waals surface area contributed by atoms with Crippen LogP contribution in [0.3, 0.4) is 0 Å². The van der Waals surface area contributed by atoms with Crippen LogP contribution in [0.5, 0.6) is 0 Å². The molecule has 88 valence electrons. The lowest BCUT2D eigenvalue weighted by molar-refractivity contribution is 0.585. The van der Waals surface area contributed by atoms with Crippen molar-refractivity contribution in [1.82, 2.24) is 9.71 Å². The van der Waals surface area contributed by atoms with Crippen LogP contribution in [-0.4, -0.2) is 19.9 Å². The predicted molar refractivity (Wildman–Crippen MR) is 65.3 cm³/mol. The van der Waals surface area contributed by atoms with Crippen molar-refractivity contribution in [3.05, 3.63) is 38.7 Å². The molecule has 16 heavy (non-hydrogen) atoms. The van der Waals surface area contributed by atoms with Gasteiger partial charge in [-0.1, -0.05) is 34.1 Å². The Morgan fingerprint density at radius 1 is 1.62 bits per heavy atom. The zero-order chi connectivity index (χ0) is 12.3. The topological polar surface area (TPSA) is 79.0 Å². The zero-order valence-electron chi connectivity index (χ0n) is 7.96. The highest BCUT2D eigenvalue weighted by atomic mass is 79.9. The molecule has 0 spiro atoms. The Bertz CT molecular complexity index is 567. The molecule has 0 aliphatic carbocycles. The Balaban J connectivity index is 3.03. The van der Waals surface area contributed by atoms with Crippen LogP contribution in [0.1, 0.15) is 0 Å². The summed E-state index contributed by atoms with van der Waals surface area (Å²) in [7, 11) is -3.69. The summed E-state index contributed by atoms with van der Waals surface area (Å²) in [6, 6.07) is 1.08. The van der Waals surface area contributed by atoms with E-state index < -0.39 is 15.6 Å². The van der Waals surface area contributed by atoms with Crippen molar-refractivity contribution in [2.45, 2.75) is 4.90 Å². The van der Waals surface area contributed by atoms with Gasteiger partial charge < -0.3 is 4.98 Å². The fraction of sp³-hybridized carbons (Fsp3) is 0.125. The van der Waals surface area contributed by atoms with Crippen LogP contribution < -0.4 is 10.3 Å². The number of H-pyrrole nitrogens is 1. The second-order valence-electron chi connectivity index (χ2n) is 2.85. The van der Waals surface area contributed by atoms with Crippen LogP contribution in [0.15, 0.2) is 33.0 Å². The second-order valence-corrected chi connectivity index (χ2v) is 6.15. The van der Waals surface area contributed by atoms with E-state index in [1.54, 1.807) is 0 Å². The van der Waals surface area contributed by atoms with Crippen molar-refractivity contribution in [2.24, 2.45) is 0 Å². The van der Waals surface area contributed by atoms with E-state index in [0.29, 0.717) is 4.48 Å². The number of pyridine rings is 1. The molecule has 0 atom stereocenters. The Morgan fingerprint density at radius 3 is 2.75 bits per heavy atom. The van der Waals surface area contributed by atoms with Gasteiger partial charge in [-0.2, -0.15) is 0 Å². The van der Waals surface area contributed by atoms with E-state index in [2.05, 4.69) is 32.2 Å². The molecule has 8 heteroatoms. The molecule has 0 saturated carbocycles. The number of rotatable bonds is 4. The molecule has 1 aromatic heterocycles. The lowest BCUT2D eigenvalue weighted by atomic mass is 10.5. The summed E-state index contributed by atoms with van der Waals surface area (Å²) in [5, 5.41) is -0.180. The number of hydrogen-bond donors (Lipinski definition) is 2. The minimum atomic E-state index is -3.69. The molecule has 0 bridgehead atoms. The van der Waals surface area contributed by atoms with Crippen LogP contribution in [0, 0.1) is 0 Å². The van der Waals surface area contributed by atoms with E-state index in [1.165, 1.54) is 0 Å². The Morgan fingerprint density at radius 2 is 2.25 bits per heavy atom. The molecule has 0 radical (unpaired) electrons. The summed E-state index contributed by atoms with van der Waals surface area (Å²) in [5.74, 6) is 0. The van der Waals surface area contributed by atoms with Crippen LogP contribution >= 0.6 is 27.5 Å². The number of aromatic amines is 1. The maximum absolute atomic E-state index is 11.6. The monoisotopic (exact) mass is 326 g/mol. The molecule has 1 aromatic rings. The Labute approximate surface area is 106 Å². The normalized spacial score (nSPS) is 11.4. The Hall–Kier alpha value is -0.630. The first-order chi connectivity index (χ1) is 7.33. The summed E-state index contributed by atoms with van der Waals surface area (Å²) < 4.78 is 26.1. The number of halogens is 2. The molecular weight excluding hydrogens is 320 g/mol. The largest absolute Gasteiger partial charge is 0.326 e. The smallest absolute Gasteiger partial charge is 0.266 e. The molecule has 0 fully saturated rings. The number of aromatic nitrogens is 1. The quantitative estimate of drug-likeness (QED) is 0.872. The molecule has 0 saturated heterocycles. The van der Waals surface area contributed by atoms with E-state index in [4.69, 9.17) is 11.6 Å². The summed E-state index contributed by atoms with van der Waals surface area (Å²) in [6.07, 6.45) is 1.08. The molecule has 5 nitrogen and oxygen atoms in total. The summed E-state index contributed by atoms with van der Waals surface area (Å²) in [5.41, 5.74) is -0.537. The number of nitrogens with one attached hydrogen (secondary N) is 2. The molecule has 1 heterocycles. The first-order valence-electron chi connectivity index (χ1n) is 4.04. The fourth-order valence-corrected chi connectivity index (χ4v) is 2.43. The highest BCUT2D eigenvalue weighted by Crippen LogP contribution is 2.10. The molecule has 1 rings (SSSR count). The van der Waals surface area contributed by atoms with Crippen molar-refractivity contribution in [3.63, 3.8) is 0 Å². The van der Waals surface area contributed by atoms with Gasteiger partial charge in [0.15, 0.2) is 0 Å². The lowest BCUT2D eigenvalue weighted by Gasteiger charge is -2.05. The van der Waals surface area contributed by atoms with Gasteiger partial charge in [0.2, 0.25) is 10.0 Å². The van der Waals surface area contributed by atoms with Gasteiger partial charge in [-0.15, -0.1) is 0 Å². The van der Waals surface area contributed by atoms with Crippen LogP contribution in [0.2, 0.25) is 5.02 Å². The van der Waals surface area contributed by atoms with Gasteiger partial charge in [0, 0.05) is 17.2 Å². The molecule has 0 aliphatic heterocycles. The van der Waals surface area contributed by atoms with Crippen molar-refractivity contribution in [2.75, 3.05) is 6.54 Å². The van der Waals surface area contributed by atoms with Gasteiger partial charge in [0.05, 0.1) is 4.90 Å². The number of hydrogen-bond acceptors (Lipinski definition) is 3. The highest BCUT2D eigenvalue weighted by Gasteiger charge is 2.15. The fourth-order valence-electron chi connectivity index (χ4n) is 0.850. The highest BCUT2D eigenvalue weighted by molar-refractivity contribution is 9.11. The third-order valence-electron chi connectivity index (χ3n) is 1.60. The maximum Gasteiger partial charge on any atom is 0.266 e. The van der Waals surface area contributed by atoms with E-state index in [0.717, 1.165) is 12.3 Å². The average Bonchev–Trinajstić information content (AvgIpc) is 2.19. The van der Waals surface area contributed by atoms with Crippen LogP contribution in [0.4, 0.5) is 0 Å². The second kappa shape index (κ2) is 5.13. The van der Waals surface area contributed by atoms with E-state index in [9.17, 15) is 13.2 Å². The minimum Gasteiger partial charge on any atom is -0.326 e. The number of sulfonamides is 1. The molecule has 0 amide bonds. The van der Waals surface area contributed by atoms with E-state index >= 15 is 0 Å². The summed E-state index contributed by atoms with van der Waals surface area (Å²) >= 11 is 8.54. The van der Waals surface area contributed by atoms with E-state index in [-0.39, 0.29) is 16.5 Å². The third-order valence-corrected chi connectivity index (χ3v) is 3.54. The van der Waals surface area contributed by atoms with Crippen LogP contribution in [0.25, 0.3) is 0 Å². The molecule has 2 N–H and O–H groups in total. The van der Waals surface area contributed by atoms with Gasteiger partial charge in [0.1, 0.15) is 5.02 Å². The maximum atomic E-state index is 11.6. The third kappa shape index (κ3) is 3.44. The van der Waals surface area contributed by atoms with Crippen molar-refractivity contribution < 1.29 is 8.42 Å². The first kappa shape index (κ1) is 13.4. The average molecular weight is 328 g/mol. The minimum absolute atomic E-state index is 0.0546. The summed E-state index contributed by atoms with van der Waals surface area (Å²) in [4.78, 5) is 13.1. The van der Waals surface area contributed by atoms with Gasteiger partial charge in [-0.25, -0.2) is 13.1 Å². The molecule has 0 aromatic carbocycles. The van der Waals surface area contributed by atoms with Gasteiger partial charge in [-0.05, 0) is 6.07 Å². The van der Waals surface area contributed by atoms with Crippen molar-refractivity contribution in [1.29, 1.82) is 0 Å². The summed E-state index contributed by atoms with van der Waals surface area (Å²) in [6.45, 7) is 3.54. The van der Waals surface area contributed by atoms with Gasteiger partial charge in [0.25, 0.3) is 5.56 Å². The molecule has 0 unspecified atom stereocenters. The van der Waals surface area contributed by atoms with Gasteiger partial charge >= 0.3 is 0 Å². The zero-order valence-corrected chi connectivity index (χ0v) is 11.1. The predicted octanol–water partition coefficient (Wildman–Crippen LogP) is 1.22. The van der Waals surface area contributed by atoms with Crippen molar-refractivity contribution in [3.8, 4) is 0 Å². The SMILES string of the molecule is C=C(Br)CNS(=O)(=O)c1c[nH]c(=O)c(Cl)c1. The van der Waals surface area contributed by atoms with E-state index in [1.807, 2.05) is 0 Å². The van der Waals surface area contributed by atoms with Crippen LogP contribution in [-0.2, 0) is 10.0 Å². The van der Waals surface area contributed by atoms with Gasteiger partial charge in [-0.3, -0.25) is 4.79 Å². The molecular formula is C8H8BrClN2O3S.